The lowest BCUT2D eigenvalue weighted by Crippen LogP contribution is -2.31. The predicted octanol–water partition coefficient (Wildman–Crippen LogP) is 2.52. The summed E-state index contributed by atoms with van der Waals surface area (Å²) in [7, 11) is 0. The molecular weight excluding hydrogens is 252 g/mol. The highest BCUT2D eigenvalue weighted by Crippen LogP contribution is 2.39. The molecule has 0 bridgehead atoms. The van der Waals surface area contributed by atoms with E-state index in [0.717, 1.165) is 18.4 Å². The van der Waals surface area contributed by atoms with Crippen LogP contribution in [0.5, 0.6) is 0 Å². The number of nitrogens with two attached hydrogens (primary N) is 1. The summed E-state index contributed by atoms with van der Waals surface area (Å²) >= 11 is 6.43. The standard InChI is InChI=1S/C13H16ClN2O2/c1-13(2,17)10-8(15)5-9-12(11(10)14)16(6-18-9)7-3-4-7/h5-7,17H,3-4,15H2,1-2H3/q+1. The number of fused-ring (bicyclic) bond motifs is 1. The summed E-state index contributed by atoms with van der Waals surface area (Å²) in [6, 6.07) is 2.19. The normalized spacial score (nSPS) is 16.4. The molecule has 0 radical (unpaired) electrons. The third-order valence-corrected chi connectivity index (χ3v) is 3.71. The minimum absolute atomic E-state index is 0.456. The average molecular weight is 268 g/mol. The quantitative estimate of drug-likeness (QED) is 0.649. The maximum absolute atomic E-state index is 10.2. The number of aliphatic hydroxyl groups is 1. The molecule has 1 heterocycles. The van der Waals surface area contributed by atoms with E-state index >= 15 is 0 Å². The molecule has 0 atom stereocenters. The second-order valence-electron chi connectivity index (χ2n) is 5.42. The van der Waals surface area contributed by atoms with Crippen LogP contribution in [0, 0.1) is 0 Å². The lowest BCUT2D eigenvalue weighted by molar-refractivity contribution is -0.679. The minimum Gasteiger partial charge on any atom is -0.403 e. The Morgan fingerprint density at radius 3 is 2.72 bits per heavy atom. The van der Waals surface area contributed by atoms with Gasteiger partial charge in [0.2, 0.25) is 5.58 Å². The van der Waals surface area contributed by atoms with E-state index in [4.69, 9.17) is 21.8 Å². The van der Waals surface area contributed by atoms with Crippen LogP contribution in [0.15, 0.2) is 16.9 Å². The van der Waals surface area contributed by atoms with E-state index in [9.17, 15) is 5.11 Å². The van der Waals surface area contributed by atoms with Crippen molar-refractivity contribution >= 4 is 28.4 Å². The third-order valence-electron chi connectivity index (χ3n) is 3.34. The molecule has 3 N–H and O–H groups in total. The number of nitrogen functional groups attached to an aromatic ring is 1. The Morgan fingerprint density at radius 2 is 2.17 bits per heavy atom. The highest BCUT2D eigenvalue weighted by Gasteiger charge is 2.38. The first kappa shape index (κ1) is 11.8. The Morgan fingerprint density at radius 1 is 1.50 bits per heavy atom. The number of hydrogen-bond donors (Lipinski definition) is 2. The molecule has 1 aliphatic carbocycles. The zero-order chi connectivity index (χ0) is 13.1. The van der Waals surface area contributed by atoms with Crippen LogP contribution in [-0.4, -0.2) is 5.11 Å². The Hall–Kier alpha value is -1.26. The van der Waals surface area contributed by atoms with E-state index in [1.807, 2.05) is 4.57 Å². The second-order valence-corrected chi connectivity index (χ2v) is 5.80. The maximum Gasteiger partial charge on any atom is 0.335 e. The van der Waals surface area contributed by atoms with Crippen LogP contribution in [-0.2, 0) is 5.60 Å². The van der Waals surface area contributed by atoms with Gasteiger partial charge in [0.05, 0.1) is 5.60 Å². The van der Waals surface area contributed by atoms with Crippen LogP contribution in [0.25, 0.3) is 11.1 Å². The van der Waals surface area contributed by atoms with Gasteiger partial charge in [-0.15, -0.1) is 0 Å². The molecule has 0 aliphatic heterocycles. The Labute approximate surface area is 110 Å². The molecule has 0 amide bonds. The fraction of sp³-hybridized carbons (Fsp3) is 0.462. The van der Waals surface area contributed by atoms with E-state index in [-0.39, 0.29) is 0 Å². The summed E-state index contributed by atoms with van der Waals surface area (Å²) in [6.07, 6.45) is 3.96. The van der Waals surface area contributed by atoms with Gasteiger partial charge < -0.3 is 15.3 Å². The summed E-state index contributed by atoms with van der Waals surface area (Å²) < 4.78 is 7.53. The number of aromatic nitrogens is 1. The molecule has 3 rings (SSSR count). The second kappa shape index (κ2) is 3.62. The topological polar surface area (TPSA) is 63.3 Å². The summed E-state index contributed by atoms with van der Waals surface area (Å²) in [4.78, 5) is 0. The number of anilines is 1. The van der Waals surface area contributed by atoms with Crippen molar-refractivity contribution in [3.8, 4) is 0 Å². The largest absolute Gasteiger partial charge is 0.403 e. The highest BCUT2D eigenvalue weighted by atomic mass is 35.5. The molecule has 5 heteroatoms. The van der Waals surface area contributed by atoms with Gasteiger partial charge in [0, 0.05) is 30.2 Å². The van der Waals surface area contributed by atoms with E-state index in [1.54, 1.807) is 26.3 Å². The first-order valence-electron chi connectivity index (χ1n) is 6.02. The lowest BCUT2D eigenvalue weighted by atomic mass is 9.96. The molecule has 1 aromatic heterocycles. The van der Waals surface area contributed by atoms with Gasteiger partial charge in [-0.1, -0.05) is 11.6 Å². The van der Waals surface area contributed by atoms with Crippen LogP contribution in [0.2, 0.25) is 5.02 Å². The van der Waals surface area contributed by atoms with E-state index in [2.05, 4.69) is 0 Å². The monoisotopic (exact) mass is 267 g/mol. The van der Waals surface area contributed by atoms with Crippen LogP contribution in [0.4, 0.5) is 5.69 Å². The molecule has 1 fully saturated rings. The Balaban J connectivity index is 2.34. The van der Waals surface area contributed by atoms with Crippen molar-refractivity contribution in [2.45, 2.75) is 38.3 Å². The van der Waals surface area contributed by atoms with Gasteiger partial charge in [0.25, 0.3) is 5.52 Å². The summed E-state index contributed by atoms with van der Waals surface area (Å²) in [5.74, 6) is 0. The number of rotatable bonds is 2. The number of benzene rings is 1. The van der Waals surface area contributed by atoms with Crippen molar-refractivity contribution in [1.82, 2.24) is 0 Å². The van der Waals surface area contributed by atoms with Gasteiger partial charge in [-0.3, -0.25) is 0 Å². The minimum atomic E-state index is -1.08. The molecule has 96 valence electrons. The SMILES string of the molecule is CC(C)(O)c1c(N)cc2oc[n+](C3CC3)c2c1Cl. The molecule has 0 spiro atoms. The van der Waals surface area contributed by atoms with Gasteiger partial charge in [-0.25, -0.2) is 0 Å². The van der Waals surface area contributed by atoms with Gasteiger partial charge in [0.1, 0.15) is 5.02 Å². The van der Waals surface area contributed by atoms with Crippen molar-refractivity contribution in [3.63, 3.8) is 0 Å². The van der Waals surface area contributed by atoms with Crippen molar-refractivity contribution in [2.24, 2.45) is 0 Å². The molecule has 1 aliphatic rings. The first-order valence-corrected chi connectivity index (χ1v) is 6.40. The lowest BCUT2D eigenvalue weighted by Gasteiger charge is -2.20. The van der Waals surface area contributed by atoms with Crippen molar-refractivity contribution in [3.05, 3.63) is 23.0 Å². The first-order chi connectivity index (χ1) is 8.39. The number of hydrogen-bond acceptors (Lipinski definition) is 3. The zero-order valence-corrected chi connectivity index (χ0v) is 11.2. The smallest absolute Gasteiger partial charge is 0.335 e. The number of nitrogens with zero attached hydrogens (tertiary/aromatic N) is 1. The fourth-order valence-electron chi connectivity index (χ4n) is 2.37. The zero-order valence-electron chi connectivity index (χ0n) is 10.4. The molecule has 4 nitrogen and oxygen atoms in total. The highest BCUT2D eigenvalue weighted by molar-refractivity contribution is 6.35. The third kappa shape index (κ3) is 1.68. The molecule has 0 saturated heterocycles. The summed E-state index contributed by atoms with van der Waals surface area (Å²) in [6.45, 7) is 3.36. The Bertz CT molecular complexity index is 624. The van der Waals surface area contributed by atoms with Crippen LogP contribution < -0.4 is 10.3 Å². The molecule has 18 heavy (non-hydrogen) atoms. The predicted molar refractivity (Wildman–Crippen MR) is 69.3 cm³/mol. The van der Waals surface area contributed by atoms with Crippen molar-refractivity contribution in [1.29, 1.82) is 0 Å². The molecular formula is C13H16ClN2O2+. The summed E-state index contributed by atoms with van der Waals surface area (Å²) in [5, 5.41) is 10.7. The number of halogens is 1. The Kier molecular flexibility index (Phi) is 2.37. The van der Waals surface area contributed by atoms with Gasteiger partial charge in [-0.05, 0) is 13.8 Å². The van der Waals surface area contributed by atoms with Gasteiger partial charge in [-0.2, -0.15) is 4.57 Å². The summed E-state index contributed by atoms with van der Waals surface area (Å²) in [5.41, 5.74) is 7.39. The van der Waals surface area contributed by atoms with E-state index in [0.29, 0.717) is 27.9 Å². The van der Waals surface area contributed by atoms with Crippen LogP contribution >= 0.6 is 11.6 Å². The van der Waals surface area contributed by atoms with Gasteiger partial charge in [0.15, 0.2) is 6.04 Å². The molecule has 1 aromatic carbocycles. The average Bonchev–Trinajstić information content (AvgIpc) is 2.97. The van der Waals surface area contributed by atoms with Gasteiger partial charge >= 0.3 is 6.39 Å². The van der Waals surface area contributed by atoms with Crippen molar-refractivity contribution in [2.75, 3.05) is 5.73 Å². The molecule has 2 aromatic rings. The molecule has 0 unspecified atom stereocenters. The maximum atomic E-state index is 10.2. The van der Waals surface area contributed by atoms with Crippen LogP contribution in [0.3, 0.4) is 0 Å². The van der Waals surface area contributed by atoms with E-state index < -0.39 is 5.60 Å². The number of oxazole rings is 1. The van der Waals surface area contributed by atoms with E-state index in [1.165, 1.54) is 0 Å². The van der Waals surface area contributed by atoms with Crippen LogP contribution in [0.1, 0.15) is 38.3 Å². The fourth-order valence-corrected chi connectivity index (χ4v) is 2.91. The van der Waals surface area contributed by atoms with Crippen molar-refractivity contribution < 1.29 is 14.1 Å². The molecule has 1 saturated carbocycles.